The van der Waals surface area contributed by atoms with Crippen LogP contribution in [0.4, 0.5) is 5.82 Å². The van der Waals surface area contributed by atoms with E-state index < -0.39 is 58.4 Å². The Morgan fingerprint density at radius 3 is 2.57 bits per heavy atom. The highest BCUT2D eigenvalue weighted by molar-refractivity contribution is 7.64. The number of hydrogen-bond donors (Lipinski definition) is 6. The third-order valence-electron chi connectivity index (χ3n) is 3.74. The summed E-state index contributed by atoms with van der Waals surface area (Å²) in [5.74, 6) is -0.0596. The van der Waals surface area contributed by atoms with E-state index in [0.29, 0.717) is 0 Å². The number of anilines is 1. The van der Waals surface area contributed by atoms with Crippen LogP contribution in [0, 0.1) is 0 Å². The fourth-order valence-corrected chi connectivity index (χ4v) is 5.12. The molecule has 1 aromatic heterocycles. The minimum absolute atomic E-state index is 0.0596. The van der Waals surface area contributed by atoms with Gasteiger partial charge < -0.3 is 36.2 Å². The molecule has 0 radical (unpaired) electrons. The van der Waals surface area contributed by atoms with Crippen molar-refractivity contribution in [2.45, 2.75) is 31.0 Å². The molecule has 0 bridgehead atoms. The lowest BCUT2D eigenvalue weighted by Gasteiger charge is -2.19. The molecule has 1 saturated heterocycles. The normalized spacial score (nSPS) is 29.3. The number of aliphatic hydroxyl groups is 2. The van der Waals surface area contributed by atoms with Gasteiger partial charge in [-0.2, -0.15) is 4.98 Å². The van der Waals surface area contributed by atoms with Gasteiger partial charge in [-0.3, -0.25) is 13.7 Å². The van der Waals surface area contributed by atoms with E-state index in [4.69, 9.17) is 16.2 Å². The van der Waals surface area contributed by atoms with Gasteiger partial charge >= 0.3 is 21.1 Å². The summed E-state index contributed by atoms with van der Waals surface area (Å²) in [5.41, 5.74) is 9.71. The molecule has 2 unspecified atom stereocenters. The first-order valence-corrected chi connectivity index (χ1v) is 11.3. The number of aromatic nitrogens is 2. The van der Waals surface area contributed by atoms with Crippen molar-refractivity contribution >= 4 is 21.2 Å². The molecule has 1 aliphatic heterocycles. The van der Waals surface area contributed by atoms with Gasteiger partial charge in [0.15, 0.2) is 6.23 Å². The zero-order chi connectivity index (χ0) is 21.1. The monoisotopic (exact) mass is 444 g/mol. The maximum Gasteiger partial charge on any atom is 0.479 e. The van der Waals surface area contributed by atoms with E-state index in [2.05, 4.69) is 13.8 Å². The first kappa shape index (κ1) is 23.1. The second-order valence-corrected chi connectivity index (χ2v) is 9.51. The molecule has 1 aromatic rings. The lowest BCUT2D eigenvalue weighted by atomic mass is 10.1. The second kappa shape index (κ2) is 9.09. The molecule has 0 aliphatic carbocycles. The van der Waals surface area contributed by atoms with Crippen LogP contribution in [0.15, 0.2) is 17.1 Å². The van der Waals surface area contributed by atoms with Crippen molar-refractivity contribution in [3.05, 3.63) is 22.7 Å². The highest BCUT2D eigenvalue weighted by atomic mass is 31.3. The zero-order valence-electron chi connectivity index (χ0n) is 14.5. The number of ether oxygens (including phenoxy) is 1. The van der Waals surface area contributed by atoms with E-state index in [1.165, 1.54) is 12.3 Å². The molecule has 160 valence electrons. The summed E-state index contributed by atoms with van der Waals surface area (Å²) >= 11 is 0. The van der Waals surface area contributed by atoms with E-state index in [1.807, 2.05) is 0 Å². The molecule has 6 atom stereocenters. The minimum Gasteiger partial charge on any atom is -0.387 e. The molecule has 0 spiro atoms. The molecule has 1 aliphatic rings. The summed E-state index contributed by atoms with van der Waals surface area (Å²) < 4.78 is 38.6. The number of aliphatic hydroxyl groups excluding tert-OH is 2. The van der Waals surface area contributed by atoms with Crippen LogP contribution in [0.25, 0.3) is 0 Å². The predicted octanol–water partition coefficient (Wildman–Crippen LogP) is -1.89. The van der Waals surface area contributed by atoms with Crippen LogP contribution in [-0.4, -0.2) is 67.2 Å². The maximum absolute atomic E-state index is 11.8. The topological polar surface area (TPSA) is 230 Å². The Kier molecular flexibility index (Phi) is 7.50. The van der Waals surface area contributed by atoms with Crippen molar-refractivity contribution in [3.63, 3.8) is 0 Å². The van der Waals surface area contributed by atoms with Crippen molar-refractivity contribution in [3.8, 4) is 0 Å². The van der Waals surface area contributed by atoms with E-state index >= 15 is 0 Å². The van der Waals surface area contributed by atoms with Crippen LogP contribution in [-0.2, 0) is 22.7 Å². The van der Waals surface area contributed by atoms with Crippen LogP contribution in [0.1, 0.15) is 12.6 Å². The van der Waals surface area contributed by atoms with Crippen LogP contribution in [0.5, 0.6) is 0 Å². The summed E-state index contributed by atoms with van der Waals surface area (Å²) in [4.78, 5) is 34.4. The molecule has 1 fully saturated rings. The molecule has 0 saturated carbocycles. The summed E-state index contributed by atoms with van der Waals surface area (Å²) in [6, 6.07) is 1.27. The largest absolute Gasteiger partial charge is 0.479 e. The average molecular weight is 444 g/mol. The van der Waals surface area contributed by atoms with Crippen molar-refractivity contribution in [2.75, 3.05) is 25.0 Å². The van der Waals surface area contributed by atoms with Crippen molar-refractivity contribution in [1.29, 1.82) is 0 Å². The predicted molar refractivity (Wildman–Crippen MR) is 94.1 cm³/mol. The van der Waals surface area contributed by atoms with E-state index in [1.54, 1.807) is 0 Å². The fraction of sp³-hybridized carbons (Fsp3) is 0.667. The molecule has 8 N–H and O–H groups in total. The van der Waals surface area contributed by atoms with Gasteiger partial charge in [0.25, 0.3) is 0 Å². The van der Waals surface area contributed by atoms with Crippen LogP contribution < -0.4 is 17.2 Å². The average Bonchev–Trinajstić information content (AvgIpc) is 2.86. The molecule has 14 nitrogen and oxygen atoms in total. The summed E-state index contributed by atoms with van der Waals surface area (Å²) in [7, 11) is -9.41. The Balaban J connectivity index is 2.02. The Morgan fingerprint density at radius 2 is 1.96 bits per heavy atom. The van der Waals surface area contributed by atoms with Crippen molar-refractivity contribution in [2.24, 2.45) is 5.73 Å². The molecule has 2 heterocycles. The third-order valence-corrected chi connectivity index (χ3v) is 6.94. The van der Waals surface area contributed by atoms with Gasteiger partial charge in [0, 0.05) is 6.20 Å². The molecule has 0 amide bonds. The van der Waals surface area contributed by atoms with Crippen molar-refractivity contribution < 1.29 is 42.7 Å². The van der Waals surface area contributed by atoms with Gasteiger partial charge in [-0.15, -0.1) is 0 Å². The molecular formula is C12H22N4O10P2. The highest BCUT2D eigenvalue weighted by Crippen LogP contribution is 2.60. The number of hydrogen-bond acceptors (Lipinski definition) is 11. The van der Waals surface area contributed by atoms with E-state index in [-0.39, 0.29) is 18.8 Å². The van der Waals surface area contributed by atoms with Crippen LogP contribution in [0.3, 0.4) is 0 Å². The van der Waals surface area contributed by atoms with E-state index in [9.17, 15) is 33.9 Å². The lowest BCUT2D eigenvalue weighted by molar-refractivity contribution is -0.0540. The first-order chi connectivity index (χ1) is 13.0. The zero-order valence-corrected chi connectivity index (χ0v) is 16.3. The van der Waals surface area contributed by atoms with Crippen LogP contribution >= 0.6 is 15.4 Å². The Morgan fingerprint density at radius 1 is 1.29 bits per heavy atom. The summed E-state index contributed by atoms with van der Waals surface area (Å²) in [5, 5.41) is 20.1. The second-order valence-electron chi connectivity index (χ2n) is 5.94. The summed E-state index contributed by atoms with van der Waals surface area (Å²) in [6.07, 6.45) is -5.10. The molecular weight excluding hydrogens is 422 g/mol. The third kappa shape index (κ3) is 5.91. The Hall–Kier alpha value is -1.18. The standard InChI is InChI=1S/C12H22N4O10P2/c13-3-1-5-27(20,21)26-28(22,23)24-6-7-9(17)10(18)11(25-7)16-4-2-8(14)15-12(16)19/h2,4,7,9-11,17-18H,1,3,5-6,13H2,(H,20,21)(H,22,23)(H2,14,15,19)/t7-,9-,10-,11-/m1/s1. The number of phosphoric acid groups is 1. The SMILES string of the molecule is NCCCP(=O)(O)OP(=O)(O)OC[C@H]1O[C@@H](n2ccc(N)nc2=O)[C@H](O)[C@@H]1O. The molecule has 16 heteroatoms. The highest BCUT2D eigenvalue weighted by Gasteiger charge is 2.45. The Labute approximate surface area is 158 Å². The van der Waals surface area contributed by atoms with Gasteiger partial charge in [0.1, 0.15) is 24.1 Å². The number of nitrogens with zero attached hydrogens (tertiary/aromatic N) is 2. The maximum atomic E-state index is 11.8. The molecule has 28 heavy (non-hydrogen) atoms. The molecule has 0 aromatic carbocycles. The van der Waals surface area contributed by atoms with Gasteiger partial charge in [-0.1, -0.05) is 0 Å². The quantitative estimate of drug-likeness (QED) is 0.229. The van der Waals surface area contributed by atoms with Crippen molar-refractivity contribution in [1.82, 2.24) is 9.55 Å². The number of phosphoric ester groups is 1. The van der Waals surface area contributed by atoms with Gasteiger partial charge in [0.05, 0.1) is 12.8 Å². The molecule has 2 rings (SSSR count). The minimum atomic E-state index is -4.98. The van der Waals surface area contributed by atoms with Gasteiger partial charge in [0.2, 0.25) is 0 Å². The van der Waals surface area contributed by atoms with E-state index in [0.717, 1.165) is 4.57 Å². The first-order valence-electron chi connectivity index (χ1n) is 8.02. The fourth-order valence-electron chi connectivity index (χ4n) is 2.40. The number of nitrogen functional groups attached to an aromatic ring is 1. The van der Waals surface area contributed by atoms with Gasteiger partial charge in [-0.25, -0.2) is 13.7 Å². The Bertz CT molecular complexity index is 835. The number of nitrogens with two attached hydrogens (primary N) is 2. The summed E-state index contributed by atoms with van der Waals surface area (Å²) in [6.45, 7) is -0.707. The van der Waals surface area contributed by atoms with Crippen LogP contribution in [0.2, 0.25) is 0 Å². The smallest absolute Gasteiger partial charge is 0.387 e. The van der Waals surface area contributed by atoms with Gasteiger partial charge in [-0.05, 0) is 19.0 Å². The lowest BCUT2D eigenvalue weighted by Crippen LogP contribution is -2.36. The number of rotatable bonds is 9.